The van der Waals surface area contributed by atoms with Crippen molar-refractivity contribution in [2.45, 2.75) is 19.3 Å². The summed E-state index contributed by atoms with van der Waals surface area (Å²) in [5.74, 6) is -0.388. The van der Waals surface area contributed by atoms with E-state index in [9.17, 15) is 14.4 Å². The fourth-order valence-corrected chi connectivity index (χ4v) is 3.67. The van der Waals surface area contributed by atoms with Crippen molar-refractivity contribution in [2.24, 2.45) is 5.41 Å². The minimum atomic E-state index is -0.459. The standard InChI is InChI=1S/C14H22N4O3/c1-16-5-2-14(10-16)3-6-17(7-4-14)12(20)9-18-8-11(19)15-13(18)21/h2-10H2,1H3,(H,15,19,21). The Morgan fingerprint density at radius 3 is 2.38 bits per heavy atom. The largest absolute Gasteiger partial charge is 0.341 e. The molecule has 3 fully saturated rings. The van der Waals surface area contributed by atoms with E-state index >= 15 is 0 Å². The highest BCUT2D eigenvalue weighted by atomic mass is 16.2. The van der Waals surface area contributed by atoms with Crippen LogP contribution in [0.15, 0.2) is 0 Å². The number of nitrogens with zero attached hydrogens (tertiary/aromatic N) is 3. The molecule has 3 aliphatic rings. The Labute approximate surface area is 124 Å². The number of urea groups is 1. The molecule has 0 atom stereocenters. The van der Waals surface area contributed by atoms with Gasteiger partial charge in [-0.05, 0) is 38.3 Å². The number of hydrogen-bond donors (Lipinski definition) is 1. The second kappa shape index (κ2) is 5.29. The topological polar surface area (TPSA) is 73.0 Å². The zero-order valence-corrected chi connectivity index (χ0v) is 12.4. The lowest BCUT2D eigenvalue weighted by molar-refractivity contribution is -0.134. The maximum Gasteiger partial charge on any atom is 0.325 e. The summed E-state index contributed by atoms with van der Waals surface area (Å²) in [7, 11) is 2.15. The average molecular weight is 294 g/mol. The molecule has 3 saturated heterocycles. The van der Waals surface area contributed by atoms with E-state index in [1.807, 2.05) is 4.90 Å². The van der Waals surface area contributed by atoms with Crippen LogP contribution in [0.5, 0.6) is 0 Å². The predicted molar refractivity (Wildman–Crippen MR) is 75.5 cm³/mol. The lowest BCUT2D eigenvalue weighted by Crippen LogP contribution is -2.48. The van der Waals surface area contributed by atoms with Crippen molar-refractivity contribution in [1.29, 1.82) is 0 Å². The number of amides is 4. The molecular weight excluding hydrogens is 272 g/mol. The first-order chi connectivity index (χ1) is 9.97. The van der Waals surface area contributed by atoms with Gasteiger partial charge in [0.15, 0.2) is 0 Å². The van der Waals surface area contributed by atoms with Crippen LogP contribution in [0.1, 0.15) is 19.3 Å². The van der Waals surface area contributed by atoms with Gasteiger partial charge in [-0.3, -0.25) is 14.9 Å². The van der Waals surface area contributed by atoms with E-state index in [4.69, 9.17) is 0 Å². The van der Waals surface area contributed by atoms with Crippen LogP contribution in [-0.4, -0.2) is 78.9 Å². The smallest absolute Gasteiger partial charge is 0.325 e. The van der Waals surface area contributed by atoms with Gasteiger partial charge in [-0.2, -0.15) is 0 Å². The van der Waals surface area contributed by atoms with Crippen LogP contribution in [0.3, 0.4) is 0 Å². The number of nitrogens with one attached hydrogen (secondary N) is 1. The summed E-state index contributed by atoms with van der Waals surface area (Å²) >= 11 is 0. The lowest BCUT2D eigenvalue weighted by Gasteiger charge is -2.39. The maximum atomic E-state index is 12.3. The van der Waals surface area contributed by atoms with Crippen molar-refractivity contribution in [3.8, 4) is 0 Å². The van der Waals surface area contributed by atoms with Gasteiger partial charge in [0.1, 0.15) is 13.1 Å². The van der Waals surface area contributed by atoms with E-state index in [2.05, 4.69) is 17.3 Å². The second-order valence-corrected chi connectivity index (χ2v) is 6.58. The first kappa shape index (κ1) is 14.3. The highest BCUT2D eigenvalue weighted by Crippen LogP contribution is 2.39. The van der Waals surface area contributed by atoms with Gasteiger partial charge in [-0.15, -0.1) is 0 Å². The van der Waals surface area contributed by atoms with E-state index < -0.39 is 6.03 Å². The summed E-state index contributed by atoms with van der Waals surface area (Å²) in [6.45, 7) is 3.78. The van der Waals surface area contributed by atoms with Crippen molar-refractivity contribution in [3.05, 3.63) is 0 Å². The Hall–Kier alpha value is -1.63. The Kier molecular flexibility index (Phi) is 3.61. The van der Waals surface area contributed by atoms with E-state index in [1.54, 1.807) is 0 Å². The second-order valence-electron chi connectivity index (χ2n) is 6.58. The van der Waals surface area contributed by atoms with Gasteiger partial charge < -0.3 is 14.7 Å². The third kappa shape index (κ3) is 2.88. The number of imide groups is 1. The van der Waals surface area contributed by atoms with Gasteiger partial charge in [0.05, 0.1) is 0 Å². The van der Waals surface area contributed by atoms with Crippen LogP contribution in [-0.2, 0) is 9.59 Å². The third-order valence-electron chi connectivity index (χ3n) is 5.00. The Morgan fingerprint density at radius 2 is 1.86 bits per heavy atom. The molecule has 0 aliphatic carbocycles. The number of hydrogen-bond acceptors (Lipinski definition) is 4. The third-order valence-corrected chi connectivity index (χ3v) is 5.00. The van der Waals surface area contributed by atoms with Gasteiger partial charge >= 0.3 is 6.03 Å². The molecule has 7 nitrogen and oxygen atoms in total. The van der Waals surface area contributed by atoms with Gasteiger partial charge in [-0.25, -0.2) is 4.79 Å². The predicted octanol–water partition coefficient (Wildman–Crippen LogP) is -0.517. The number of piperidine rings is 1. The summed E-state index contributed by atoms with van der Waals surface area (Å²) in [5, 5.41) is 2.19. The molecule has 3 heterocycles. The Balaban J connectivity index is 1.51. The van der Waals surface area contributed by atoms with Crippen LogP contribution < -0.4 is 5.32 Å². The van der Waals surface area contributed by atoms with Crippen molar-refractivity contribution in [3.63, 3.8) is 0 Å². The quantitative estimate of drug-likeness (QED) is 0.696. The van der Waals surface area contributed by atoms with E-state index in [-0.39, 0.29) is 24.9 Å². The molecule has 0 saturated carbocycles. The first-order valence-corrected chi connectivity index (χ1v) is 7.53. The number of carbonyl (C=O) groups is 3. The maximum absolute atomic E-state index is 12.3. The van der Waals surface area contributed by atoms with Crippen molar-refractivity contribution >= 4 is 17.8 Å². The summed E-state index contributed by atoms with van der Waals surface area (Å²) in [6.07, 6.45) is 3.29. The number of carbonyl (C=O) groups excluding carboxylic acids is 3. The molecule has 3 aliphatic heterocycles. The highest BCUT2D eigenvalue weighted by molar-refractivity contribution is 6.03. The molecule has 0 aromatic carbocycles. The highest BCUT2D eigenvalue weighted by Gasteiger charge is 2.40. The van der Waals surface area contributed by atoms with Crippen molar-refractivity contribution < 1.29 is 14.4 Å². The molecule has 4 amide bonds. The fraction of sp³-hybridized carbons (Fsp3) is 0.786. The average Bonchev–Trinajstić information content (AvgIpc) is 2.94. The van der Waals surface area contributed by atoms with Gasteiger partial charge in [-0.1, -0.05) is 0 Å². The van der Waals surface area contributed by atoms with Crippen LogP contribution in [0, 0.1) is 5.41 Å². The fourth-order valence-electron chi connectivity index (χ4n) is 3.67. The minimum Gasteiger partial charge on any atom is -0.341 e. The number of likely N-dealkylation sites (tertiary alicyclic amines) is 2. The summed E-state index contributed by atoms with van der Waals surface area (Å²) in [5.41, 5.74) is 0.381. The molecule has 0 aromatic heterocycles. The molecule has 1 spiro atoms. The molecule has 0 radical (unpaired) electrons. The van der Waals surface area contributed by atoms with Gasteiger partial charge in [0, 0.05) is 19.6 Å². The van der Waals surface area contributed by atoms with Crippen LogP contribution in [0.4, 0.5) is 4.79 Å². The lowest BCUT2D eigenvalue weighted by atomic mass is 9.78. The van der Waals surface area contributed by atoms with Crippen LogP contribution in [0.2, 0.25) is 0 Å². The molecule has 116 valence electrons. The molecule has 0 bridgehead atoms. The van der Waals surface area contributed by atoms with Gasteiger partial charge in [0.2, 0.25) is 11.8 Å². The molecule has 0 unspecified atom stereocenters. The minimum absolute atomic E-state index is 0.00444. The first-order valence-electron chi connectivity index (χ1n) is 7.53. The van der Waals surface area contributed by atoms with Gasteiger partial charge in [0.25, 0.3) is 0 Å². The summed E-state index contributed by atoms with van der Waals surface area (Å²) in [4.78, 5) is 40.3. The molecule has 7 heteroatoms. The zero-order valence-electron chi connectivity index (χ0n) is 12.4. The number of rotatable bonds is 2. The normalized spacial score (nSPS) is 25.8. The molecule has 0 aromatic rings. The van der Waals surface area contributed by atoms with E-state index in [0.717, 1.165) is 39.0 Å². The molecular formula is C14H22N4O3. The molecule has 3 rings (SSSR count). The molecule has 1 N–H and O–H groups in total. The molecule has 21 heavy (non-hydrogen) atoms. The monoisotopic (exact) mass is 294 g/mol. The van der Waals surface area contributed by atoms with E-state index in [0.29, 0.717) is 5.41 Å². The van der Waals surface area contributed by atoms with Crippen molar-refractivity contribution in [1.82, 2.24) is 20.0 Å². The van der Waals surface area contributed by atoms with E-state index in [1.165, 1.54) is 11.3 Å². The Bertz CT molecular complexity index is 471. The van der Waals surface area contributed by atoms with Crippen LogP contribution in [0.25, 0.3) is 0 Å². The summed E-state index contributed by atoms with van der Waals surface area (Å²) < 4.78 is 0. The van der Waals surface area contributed by atoms with Crippen molar-refractivity contribution in [2.75, 3.05) is 46.3 Å². The zero-order chi connectivity index (χ0) is 15.0. The summed E-state index contributed by atoms with van der Waals surface area (Å²) in [6, 6.07) is -0.459. The Morgan fingerprint density at radius 1 is 1.19 bits per heavy atom. The van der Waals surface area contributed by atoms with Crippen LogP contribution >= 0.6 is 0 Å². The SMILES string of the molecule is CN1CCC2(CCN(C(=O)CN3CC(=O)NC3=O)CC2)C1.